The molecule has 6 aromatic rings. The minimum Gasteiger partial charge on any atom is -0.248 e. The number of aromatic nitrogens is 2. The van der Waals surface area contributed by atoms with Crippen molar-refractivity contribution in [1.29, 1.82) is 0 Å². The molecule has 0 amide bonds. The largest absolute Gasteiger partial charge is 0.248 e. The van der Waals surface area contributed by atoms with E-state index in [9.17, 15) is 0 Å². The Balaban J connectivity index is 0.968. The van der Waals surface area contributed by atoms with Crippen LogP contribution in [0.2, 0.25) is 0 Å². The molecule has 0 radical (unpaired) electrons. The number of hydrogen-bond donors (Lipinski definition) is 0. The van der Waals surface area contributed by atoms with Gasteiger partial charge in [-0.25, -0.2) is 9.97 Å². The van der Waals surface area contributed by atoms with Gasteiger partial charge in [0.2, 0.25) is 0 Å². The van der Waals surface area contributed by atoms with Gasteiger partial charge < -0.3 is 0 Å². The highest BCUT2D eigenvalue weighted by Gasteiger charge is 2.71. The Morgan fingerprint density at radius 3 is 1.58 bits per heavy atom. The van der Waals surface area contributed by atoms with Gasteiger partial charge in [0.15, 0.2) is 0 Å². The van der Waals surface area contributed by atoms with Crippen molar-refractivity contribution in [3.63, 3.8) is 0 Å². The van der Waals surface area contributed by atoms with Crippen molar-refractivity contribution in [3.8, 4) is 45.0 Å². The molecule has 2 nitrogen and oxygen atoms in total. The molecule has 20 atom stereocenters. The van der Waals surface area contributed by atoms with Crippen LogP contribution in [0.3, 0.4) is 0 Å². The number of rotatable bonds is 7. The molecule has 8 saturated carbocycles. The van der Waals surface area contributed by atoms with E-state index in [1.807, 2.05) is 5.57 Å². The molecule has 0 aliphatic heterocycles. The molecular formula is C76H82N2. The average Bonchev–Trinajstić information content (AvgIpc) is 4.13. The molecule has 10 aliphatic carbocycles. The number of fused-ring (bicyclic) bond motifs is 10. The van der Waals surface area contributed by atoms with E-state index < -0.39 is 0 Å². The number of hydrogen-bond acceptors (Lipinski definition) is 2. The molecule has 2 heterocycles. The minimum absolute atomic E-state index is 0.500. The van der Waals surface area contributed by atoms with E-state index in [1.165, 1.54) is 135 Å². The third-order valence-corrected chi connectivity index (χ3v) is 24.5. The first-order valence-electron chi connectivity index (χ1n) is 31.8. The van der Waals surface area contributed by atoms with Crippen molar-refractivity contribution in [2.45, 2.75) is 116 Å². The highest BCUT2D eigenvalue weighted by atomic mass is 14.8. The lowest BCUT2D eigenvalue weighted by molar-refractivity contribution is -0.0873. The summed E-state index contributed by atoms with van der Waals surface area (Å²) in [7, 11) is 0. The minimum atomic E-state index is 0.500. The van der Waals surface area contributed by atoms with E-state index in [0.717, 1.165) is 76.9 Å². The Hall–Kier alpha value is -5.60. The van der Waals surface area contributed by atoms with Crippen LogP contribution < -0.4 is 0 Å². The number of nitrogens with zero attached hydrogens (tertiary/aromatic N) is 2. The lowest BCUT2D eigenvalue weighted by Gasteiger charge is -2.61. The van der Waals surface area contributed by atoms with Crippen LogP contribution >= 0.6 is 0 Å². The second-order valence-electron chi connectivity index (χ2n) is 27.5. The molecule has 8 fully saturated rings. The molecule has 396 valence electrons. The Kier molecular flexibility index (Phi) is 12.1. The molecule has 4 aromatic carbocycles. The molecule has 0 N–H and O–H groups in total. The molecular weight excluding hydrogens is 941 g/mol. The quantitative estimate of drug-likeness (QED) is 0.149. The summed E-state index contributed by atoms with van der Waals surface area (Å²) in [5.41, 5.74) is 16.5. The Morgan fingerprint density at radius 1 is 0.410 bits per heavy atom. The zero-order valence-electron chi connectivity index (χ0n) is 46.5. The summed E-state index contributed by atoms with van der Waals surface area (Å²) in [4.78, 5) is 11.4. The average molecular weight is 1020 g/mol. The summed E-state index contributed by atoms with van der Waals surface area (Å²) in [6, 6.07) is 56.1. The van der Waals surface area contributed by atoms with Gasteiger partial charge in [-0.05, 0) is 225 Å². The molecule has 78 heavy (non-hydrogen) atoms. The molecule has 0 bridgehead atoms. The molecule has 16 rings (SSSR count). The molecule has 2 aromatic heterocycles. The molecule has 0 saturated heterocycles. The van der Waals surface area contributed by atoms with Crippen molar-refractivity contribution in [2.24, 2.45) is 107 Å². The van der Waals surface area contributed by atoms with Gasteiger partial charge in [-0.3, -0.25) is 0 Å². The van der Waals surface area contributed by atoms with Gasteiger partial charge in [0, 0.05) is 22.3 Å². The van der Waals surface area contributed by atoms with Crippen molar-refractivity contribution in [2.75, 3.05) is 0 Å². The zero-order chi connectivity index (χ0) is 51.6. The standard InChI is InChI=1S/C76H82N2/c1-45-21-19-22-46(2)68(45)59-37-38-60-74-62(39-51-31-15-16-32-54(51)72(59)74)76-70(53-42-66(49-27-11-5-12-28-49)78-67(43-53)50-29-13-6-14-30-50)73-58-36-20-35-57-55-33-17-18-34-56(55)61(71(57)58)44-63(73)69(75(60)76)52-40-64(47-23-7-3-8-24-47)77-65(41-52)48-25-9-4-10-26-48/h3-14,17,19,21,23-30,33,40-43,46,51,54-63,69-76H,15-16,18,20,22,31-32,34-39,44H2,1-2H3. The van der Waals surface area contributed by atoms with Crippen molar-refractivity contribution in [1.82, 2.24) is 9.97 Å². The fraction of sp³-hybridized carbons (Fsp3) is 0.474. The van der Waals surface area contributed by atoms with E-state index in [2.05, 4.69) is 184 Å². The normalized spacial score (nSPS) is 38.8. The van der Waals surface area contributed by atoms with E-state index >= 15 is 0 Å². The number of pyridine rings is 2. The summed E-state index contributed by atoms with van der Waals surface area (Å²) in [5.74, 6) is 14.5. The predicted molar refractivity (Wildman–Crippen MR) is 320 cm³/mol. The number of allylic oxidation sites excluding steroid dienone is 6. The van der Waals surface area contributed by atoms with Crippen molar-refractivity contribution < 1.29 is 0 Å². The second kappa shape index (κ2) is 19.6. The fourth-order valence-electron chi connectivity index (χ4n) is 22.5. The van der Waals surface area contributed by atoms with E-state index in [4.69, 9.17) is 9.97 Å². The maximum Gasteiger partial charge on any atom is 0.0712 e. The first-order chi connectivity index (χ1) is 38.5. The highest BCUT2D eigenvalue weighted by Crippen LogP contribution is 2.78. The first kappa shape index (κ1) is 48.3. The summed E-state index contributed by atoms with van der Waals surface area (Å²) in [6.45, 7) is 5.12. The molecule has 10 aliphatic rings. The van der Waals surface area contributed by atoms with Gasteiger partial charge >= 0.3 is 0 Å². The monoisotopic (exact) mass is 1020 g/mol. The third-order valence-electron chi connectivity index (χ3n) is 24.5. The van der Waals surface area contributed by atoms with Gasteiger partial charge in [-0.2, -0.15) is 0 Å². The van der Waals surface area contributed by atoms with Gasteiger partial charge in [-0.1, -0.05) is 189 Å². The van der Waals surface area contributed by atoms with E-state index in [-0.39, 0.29) is 0 Å². The Labute approximate surface area is 466 Å². The predicted octanol–water partition coefficient (Wildman–Crippen LogP) is 19.1. The van der Waals surface area contributed by atoms with Crippen LogP contribution in [0.1, 0.15) is 127 Å². The van der Waals surface area contributed by atoms with Gasteiger partial charge in [0.05, 0.1) is 22.8 Å². The molecule has 0 spiro atoms. The van der Waals surface area contributed by atoms with Crippen LogP contribution in [0.25, 0.3) is 45.0 Å². The summed E-state index contributed by atoms with van der Waals surface area (Å²) >= 11 is 0. The lowest BCUT2D eigenvalue weighted by atomic mass is 9.43. The summed E-state index contributed by atoms with van der Waals surface area (Å²) < 4.78 is 0. The maximum atomic E-state index is 5.70. The summed E-state index contributed by atoms with van der Waals surface area (Å²) in [5, 5.41) is 0. The van der Waals surface area contributed by atoms with Crippen LogP contribution in [0.4, 0.5) is 0 Å². The fourth-order valence-corrected chi connectivity index (χ4v) is 22.5. The van der Waals surface area contributed by atoms with Crippen LogP contribution in [-0.4, -0.2) is 9.97 Å². The van der Waals surface area contributed by atoms with Gasteiger partial charge in [0.25, 0.3) is 0 Å². The van der Waals surface area contributed by atoms with Crippen molar-refractivity contribution >= 4 is 0 Å². The van der Waals surface area contributed by atoms with Crippen LogP contribution in [0.5, 0.6) is 0 Å². The molecule has 2 heteroatoms. The molecule has 20 unspecified atom stereocenters. The lowest BCUT2D eigenvalue weighted by Crippen LogP contribution is -2.54. The number of benzene rings is 4. The third kappa shape index (κ3) is 7.73. The first-order valence-corrected chi connectivity index (χ1v) is 31.8. The second-order valence-corrected chi connectivity index (χ2v) is 27.5. The topological polar surface area (TPSA) is 25.8 Å². The highest BCUT2D eigenvalue weighted by molar-refractivity contribution is 5.70. The smallest absolute Gasteiger partial charge is 0.0712 e. The van der Waals surface area contributed by atoms with Gasteiger partial charge in [0.1, 0.15) is 0 Å². The van der Waals surface area contributed by atoms with E-state index in [1.54, 1.807) is 16.7 Å². The van der Waals surface area contributed by atoms with E-state index in [0.29, 0.717) is 41.4 Å². The zero-order valence-corrected chi connectivity index (χ0v) is 46.5. The maximum absolute atomic E-state index is 5.70. The van der Waals surface area contributed by atoms with Crippen molar-refractivity contribution in [3.05, 3.63) is 192 Å². The van der Waals surface area contributed by atoms with Crippen LogP contribution in [0.15, 0.2) is 181 Å². The van der Waals surface area contributed by atoms with Crippen LogP contribution in [0, 0.1) is 107 Å². The van der Waals surface area contributed by atoms with Gasteiger partial charge in [-0.15, -0.1) is 0 Å². The van der Waals surface area contributed by atoms with Crippen LogP contribution in [-0.2, 0) is 0 Å². The Bertz CT molecular complexity index is 3150. The Morgan fingerprint density at radius 2 is 0.962 bits per heavy atom. The summed E-state index contributed by atoms with van der Waals surface area (Å²) in [6.07, 6.45) is 30.0. The SMILES string of the molecule is CC1=C(C2CCC3C4C(CC5CCCCC5C24)C2C(c4cc(-c5ccccc5)nc(-c5ccccc5)c4)C4C(CC5C6CCC=CC6C6CCCC4C65)C(c4cc(-c5ccccc5)nc(-c5ccccc5)c4)C32)C(C)CC=C1.